The molecule has 2 heterocycles. The van der Waals surface area contributed by atoms with Gasteiger partial charge in [-0.1, -0.05) is 23.7 Å². The zero-order valence-electron chi connectivity index (χ0n) is 13.7. The molecule has 0 aliphatic heterocycles. The average molecular weight is 355 g/mol. The van der Waals surface area contributed by atoms with Crippen LogP contribution in [0.1, 0.15) is 23.0 Å². The second-order valence-electron chi connectivity index (χ2n) is 5.79. The zero-order chi connectivity index (χ0) is 17.7. The molecule has 25 heavy (non-hydrogen) atoms. The molecule has 5 nitrogen and oxygen atoms in total. The number of hydrogen-bond acceptors (Lipinski definition) is 3. The number of halogens is 1. The maximum absolute atomic E-state index is 12.9. The summed E-state index contributed by atoms with van der Waals surface area (Å²) in [5, 5.41) is 1.68. The first-order valence-corrected chi connectivity index (χ1v) is 8.33. The standard InChI is InChI=1S/C19H15ClN2O3/c1-3-25-19(24)17-11(2)21-15-7-5-4-6-13(15)18(23)22(21)16-9-8-12(20)10-14(16)17/h4-10H,3H2,1-2H3. The van der Waals surface area contributed by atoms with Gasteiger partial charge in [0, 0.05) is 10.4 Å². The molecule has 0 aliphatic rings. The Morgan fingerprint density at radius 1 is 1.08 bits per heavy atom. The van der Waals surface area contributed by atoms with Crippen LogP contribution in [-0.2, 0) is 4.74 Å². The Labute approximate surface area is 148 Å². The van der Waals surface area contributed by atoms with Crippen LogP contribution in [0.2, 0.25) is 5.02 Å². The molecule has 0 amide bonds. The van der Waals surface area contributed by atoms with E-state index in [2.05, 4.69) is 0 Å². The lowest BCUT2D eigenvalue weighted by Crippen LogP contribution is -2.19. The van der Waals surface area contributed by atoms with Crippen molar-refractivity contribution >= 4 is 39.4 Å². The Bertz CT molecular complexity index is 1220. The number of carbonyl (C=O) groups excluding carboxylic acids is 1. The van der Waals surface area contributed by atoms with Gasteiger partial charge in [-0.15, -0.1) is 0 Å². The number of hydrogen-bond donors (Lipinski definition) is 0. The molecule has 0 fully saturated rings. The van der Waals surface area contributed by atoms with E-state index in [4.69, 9.17) is 16.3 Å². The number of fused-ring (bicyclic) bond motifs is 5. The van der Waals surface area contributed by atoms with Crippen molar-refractivity contribution in [1.29, 1.82) is 0 Å². The van der Waals surface area contributed by atoms with Crippen LogP contribution in [0.25, 0.3) is 21.8 Å². The molecule has 0 spiro atoms. The Morgan fingerprint density at radius 2 is 1.80 bits per heavy atom. The highest BCUT2D eigenvalue weighted by atomic mass is 35.5. The van der Waals surface area contributed by atoms with Crippen LogP contribution in [0.3, 0.4) is 0 Å². The van der Waals surface area contributed by atoms with Crippen LogP contribution in [-0.4, -0.2) is 21.6 Å². The Balaban J connectivity index is 2.33. The quantitative estimate of drug-likeness (QED) is 0.514. The Kier molecular flexibility index (Phi) is 3.54. The highest BCUT2D eigenvalue weighted by molar-refractivity contribution is 6.31. The fraction of sp³-hybridized carbons (Fsp3) is 0.158. The minimum absolute atomic E-state index is 0.138. The van der Waals surface area contributed by atoms with Crippen molar-refractivity contribution < 1.29 is 9.53 Å². The van der Waals surface area contributed by atoms with Crippen molar-refractivity contribution in [1.82, 2.24) is 9.03 Å². The molecule has 4 aromatic rings. The van der Waals surface area contributed by atoms with E-state index in [1.54, 1.807) is 47.1 Å². The Hall–Kier alpha value is -2.79. The smallest absolute Gasteiger partial charge is 0.340 e. The maximum Gasteiger partial charge on any atom is 0.340 e. The van der Waals surface area contributed by atoms with E-state index in [-0.39, 0.29) is 12.2 Å². The molecule has 126 valence electrons. The van der Waals surface area contributed by atoms with Gasteiger partial charge >= 0.3 is 5.97 Å². The summed E-state index contributed by atoms with van der Waals surface area (Å²) in [6.07, 6.45) is 0. The molecule has 0 saturated carbocycles. The van der Waals surface area contributed by atoms with Crippen molar-refractivity contribution in [3.63, 3.8) is 0 Å². The van der Waals surface area contributed by atoms with Crippen molar-refractivity contribution in [2.45, 2.75) is 13.8 Å². The van der Waals surface area contributed by atoms with E-state index in [9.17, 15) is 9.59 Å². The highest BCUT2D eigenvalue weighted by Gasteiger charge is 2.22. The maximum atomic E-state index is 12.9. The number of ether oxygens (including phenoxy) is 1. The lowest BCUT2D eigenvalue weighted by molar-refractivity contribution is 0.0527. The van der Waals surface area contributed by atoms with Crippen molar-refractivity contribution in [2.75, 3.05) is 6.61 Å². The molecule has 6 heteroatoms. The SMILES string of the molecule is CCOC(=O)c1c(C)n2c3ccccc3c(=O)n2c2ccc(Cl)cc12. The normalized spacial score (nSPS) is 11.5. The topological polar surface area (TPSA) is 52.2 Å². The molecule has 4 rings (SSSR count). The number of nitrogens with zero attached hydrogens (tertiary/aromatic N) is 2. The molecule has 0 saturated heterocycles. The van der Waals surface area contributed by atoms with E-state index < -0.39 is 5.97 Å². The molecule has 2 aromatic heterocycles. The summed E-state index contributed by atoms with van der Waals surface area (Å²) in [5.41, 5.74) is 2.26. The molecule has 0 radical (unpaired) electrons. The first-order chi connectivity index (χ1) is 12.0. The summed E-state index contributed by atoms with van der Waals surface area (Å²) in [7, 11) is 0. The fourth-order valence-corrected chi connectivity index (χ4v) is 3.53. The van der Waals surface area contributed by atoms with E-state index in [1.807, 2.05) is 18.2 Å². The summed E-state index contributed by atoms with van der Waals surface area (Å²) >= 11 is 6.15. The molecule has 0 bridgehead atoms. The van der Waals surface area contributed by atoms with Crippen LogP contribution in [0.5, 0.6) is 0 Å². The molecular formula is C19H15ClN2O3. The lowest BCUT2D eigenvalue weighted by atomic mass is 10.1. The molecule has 2 aromatic carbocycles. The average Bonchev–Trinajstić information content (AvgIpc) is 2.89. The highest BCUT2D eigenvalue weighted by Crippen LogP contribution is 2.27. The second kappa shape index (κ2) is 5.63. The van der Waals surface area contributed by atoms with Crippen LogP contribution in [0, 0.1) is 6.92 Å². The third-order valence-electron chi connectivity index (χ3n) is 4.37. The van der Waals surface area contributed by atoms with Crippen molar-refractivity contribution in [3.05, 3.63) is 69.1 Å². The van der Waals surface area contributed by atoms with E-state index in [1.165, 1.54) is 0 Å². The Morgan fingerprint density at radius 3 is 2.56 bits per heavy atom. The zero-order valence-corrected chi connectivity index (χ0v) is 14.5. The van der Waals surface area contributed by atoms with Crippen LogP contribution < -0.4 is 5.56 Å². The van der Waals surface area contributed by atoms with Crippen LogP contribution in [0.4, 0.5) is 0 Å². The monoisotopic (exact) mass is 354 g/mol. The second-order valence-corrected chi connectivity index (χ2v) is 6.22. The number of rotatable bonds is 2. The first kappa shape index (κ1) is 15.7. The third-order valence-corrected chi connectivity index (χ3v) is 4.61. The first-order valence-electron chi connectivity index (χ1n) is 7.96. The van der Waals surface area contributed by atoms with Gasteiger partial charge in [-0.2, -0.15) is 0 Å². The summed E-state index contributed by atoms with van der Waals surface area (Å²) in [4.78, 5) is 25.6. The van der Waals surface area contributed by atoms with Crippen LogP contribution >= 0.6 is 11.6 Å². The minimum Gasteiger partial charge on any atom is -0.462 e. The predicted octanol–water partition coefficient (Wildman–Crippen LogP) is 3.84. The molecular weight excluding hydrogens is 340 g/mol. The summed E-state index contributed by atoms with van der Waals surface area (Å²) in [5.74, 6) is -0.431. The van der Waals surface area contributed by atoms with Gasteiger partial charge in [0.25, 0.3) is 5.56 Å². The number of para-hydroxylation sites is 1. The molecule has 0 aliphatic carbocycles. The number of aromatic nitrogens is 2. The summed E-state index contributed by atoms with van der Waals surface area (Å²) in [6, 6.07) is 12.5. The van der Waals surface area contributed by atoms with Gasteiger partial charge in [-0.3, -0.25) is 4.79 Å². The van der Waals surface area contributed by atoms with E-state index in [0.29, 0.717) is 32.6 Å². The van der Waals surface area contributed by atoms with Gasteiger partial charge in [-0.05, 0) is 44.2 Å². The van der Waals surface area contributed by atoms with Gasteiger partial charge in [0.15, 0.2) is 0 Å². The summed E-state index contributed by atoms with van der Waals surface area (Å²) in [6.45, 7) is 3.83. The molecule has 0 atom stereocenters. The van der Waals surface area contributed by atoms with Gasteiger partial charge in [0.1, 0.15) is 0 Å². The van der Waals surface area contributed by atoms with E-state index in [0.717, 1.165) is 5.52 Å². The molecule has 0 N–H and O–H groups in total. The summed E-state index contributed by atoms with van der Waals surface area (Å²) < 4.78 is 8.58. The minimum atomic E-state index is -0.431. The van der Waals surface area contributed by atoms with Crippen molar-refractivity contribution in [2.24, 2.45) is 0 Å². The number of carbonyl (C=O) groups is 1. The van der Waals surface area contributed by atoms with Crippen LogP contribution in [0.15, 0.2) is 47.3 Å². The number of benzene rings is 2. The third kappa shape index (κ3) is 2.16. The van der Waals surface area contributed by atoms with E-state index >= 15 is 0 Å². The van der Waals surface area contributed by atoms with Gasteiger partial charge in [-0.25, -0.2) is 13.8 Å². The van der Waals surface area contributed by atoms with Gasteiger partial charge < -0.3 is 4.74 Å². The van der Waals surface area contributed by atoms with Gasteiger partial charge in [0.2, 0.25) is 0 Å². The number of esters is 1. The largest absolute Gasteiger partial charge is 0.462 e. The van der Waals surface area contributed by atoms with Gasteiger partial charge in [0.05, 0.1) is 34.3 Å². The fourth-order valence-electron chi connectivity index (χ4n) is 3.35. The lowest BCUT2D eigenvalue weighted by Gasteiger charge is -2.14. The number of aryl methyl sites for hydroxylation is 1. The molecule has 0 unspecified atom stereocenters. The van der Waals surface area contributed by atoms with Crippen molar-refractivity contribution in [3.8, 4) is 0 Å². The predicted molar refractivity (Wildman–Crippen MR) is 97.8 cm³/mol.